The van der Waals surface area contributed by atoms with Crippen molar-refractivity contribution in [1.82, 2.24) is 10.9 Å². The third-order valence-corrected chi connectivity index (χ3v) is 4.34. The van der Waals surface area contributed by atoms with E-state index in [1.54, 1.807) is 32.0 Å². The molecular weight excluding hydrogens is 399 g/mol. The molecule has 10 heteroatoms. The first-order chi connectivity index (χ1) is 14.1. The number of carbonyl (C=O) groups is 2. The maximum absolute atomic E-state index is 12.8. The molecule has 1 aliphatic rings. The monoisotopic (exact) mass is 417 g/mol. The minimum Gasteiger partial charge on any atom is -0.399 e. The fraction of sp³-hybridized carbons (Fsp3) is 0.150. The summed E-state index contributed by atoms with van der Waals surface area (Å²) in [5.41, 5.74) is 11.8. The molecule has 0 fully saturated rings. The number of halogens is 3. The van der Waals surface area contributed by atoms with E-state index in [1.807, 2.05) is 0 Å². The number of alkyl halides is 3. The molecule has 0 saturated carbocycles. The minimum absolute atomic E-state index is 0.193. The lowest BCUT2D eigenvalue weighted by molar-refractivity contribution is -0.137. The number of nitrogens with two attached hydrogens (primary N) is 1. The Morgan fingerprint density at radius 1 is 1.10 bits per heavy atom. The van der Waals surface area contributed by atoms with Gasteiger partial charge in [0.05, 0.1) is 22.5 Å². The van der Waals surface area contributed by atoms with E-state index in [2.05, 4.69) is 16.0 Å². The van der Waals surface area contributed by atoms with Crippen molar-refractivity contribution in [1.29, 1.82) is 0 Å². The lowest BCUT2D eigenvalue weighted by Crippen LogP contribution is -2.37. The van der Waals surface area contributed by atoms with Crippen molar-refractivity contribution in [2.45, 2.75) is 20.0 Å². The molecule has 0 bridgehead atoms. The summed E-state index contributed by atoms with van der Waals surface area (Å²) >= 11 is 0. The van der Waals surface area contributed by atoms with Gasteiger partial charge in [-0.2, -0.15) is 23.3 Å². The first kappa shape index (κ1) is 20.9. The van der Waals surface area contributed by atoms with Gasteiger partial charge in [0, 0.05) is 16.9 Å². The lowest BCUT2D eigenvalue weighted by atomic mass is 10.1. The molecule has 0 aromatic heterocycles. The maximum atomic E-state index is 12.8. The Morgan fingerprint density at radius 2 is 1.77 bits per heavy atom. The van der Waals surface area contributed by atoms with Crippen LogP contribution in [0.15, 0.2) is 64.9 Å². The van der Waals surface area contributed by atoms with Gasteiger partial charge in [-0.1, -0.05) is 6.07 Å². The number of hydrazine groups is 1. The van der Waals surface area contributed by atoms with Crippen molar-refractivity contribution < 1.29 is 22.8 Å². The van der Waals surface area contributed by atoms with Gasteiger partial charge in [-0.3, -0.25) is 15.0 Å². The van der Waals surface area contributed by atoms with Crippen molar-refractivity contribution in [3.05, 3.63) is 70.9 Å². The third kappa shape index (κ3) is 4.27. The Balaban J connectivity index is 1.75. The SMILES string of the molecule is CC1=NN(c2ccc(C(F)(F)F)cc2)C(=O)/C1=C(/C)NNC(=O)c1cccc(N)c1. The van der Waals surface area contributed by atoms with E-state index in [1.165, 1.54) is 18.2 Å². The Bertz CT molecular complexity index is 1060. The second kappa shape index (κ2) is 7.90. The summed E-state index contributed by atoms with van der Waals surface area (Å²) in [6, 6.07) is 10.5. The molecule has 0 spiro atoms. The number of benzene rings is 2. The average Bonchev–Trinajstić information content (AvgIpc) is 2.99. The topological polar surface area (TPSA) is 99.8 Å². The second-order valence-corrected chi connectivity index (χ2v) is 6.55. The summed E-state index contributed by atoms with van der Waals surface area (Å²) in [5, 5.41) is 5.13. The molecule has 0 saturated heterocycles. The molecule has 30 heavy (non-hydrogen) atoms. The second-order valence-electron chi connectivity index (χ2n) is 6.55. The van der Waals surface area contributed by atoms with Crippen LogP contribution in [-0.2, 0) is 11.0 Å². The lowest BCUT2D eigenvalue weighted by Gasteiger charge is -2.14. The minimum atomic E-state index is -4.47. The van der Waals surface area contributed by atoms with Gasteiger partial charge in [0.15, 0.2) is 0 Å². The molecule has 2 aromatic carbocycles. The third-order valence-electron chi connectivity index (χ3n) is 4.34. The molecule has 0 aliphatic carbocycles. The summed E-state index contributed by atoms with van der Waals surface area (Å²) < 4.78 is 38.2. The zero-order chi connectivity index (χ0) is 22.1. The van der Waals surface area contributed by atoms with Crippen molar-refractivity contribution in [2.24, 2.45) is 5.10 Å². The summed E-state index contributed by atoms with van der Waals surface area (Å²) in [6.07, 6.45) is -4.47. The van der Waals surface area contributed by atoms with E-state index < -0.39 is 23.6 Å². The van der Waals surface area contributed by atoms with E-state index in [0.717, 1.165) is 17.1 Å². The van der Waals surface area contributed by atoms with Crippen molar-refractivity contribution in [2.75, 3.05) is 10.7 Å². The highest BCUT2D eigenvalue weighted by Gasteiger charge is 2.33. The summed E-state index contributed by atoms with van der Waals surface area (Å²) in [6.45, 7) is 3.16. The van der Waals surface area contributed by atoms with Crippen LogP contribution in [0.3, 0.4) is 0 Å². The van der Waals surface area contributed by atoms with Gasteiger partial charge < -0.3 is 11.2 Å². The van der Waals surface area contributed by atoms with Crippen LogP contribution < -0.4 is 21.6 Å². The zero-order valence-electron chi connectivity index (χ0n) is 16.0. The first-order valence-electron chi connectivity index (χ1n) is 8.78. The molecule has 4 N–H and O–H groups in total. The van der Waals surface area contributed by atoms with Gasteiger partial charge in [0.2, 0.25) is 0 Å². The molecule has 3 rings (SSSR count). The summed E-state index contributed by atoms with van der Waals surface area (Å²) in [4.78, 5) is 25.0. The fourth-order valence-electron chi connectivity index (χ4n) is 2.87. The number of carbonyl (C=O) groups excluding carboxylic acids is 2. The molecule has 2 aromatic rings. The number of hydrogen-bond donors (Lipinski definition) is 3. The van der Waals surface area contributed by atoms with Gasteiger partial charge in [-0.15, -0.1) is 0 Å². The highest BCUT2D eigenvalue weighted by molar-refractivity contribution is 6.30. The number of hydrazone groups is 1. The predicted octanol–water partition coefficient (Wildman–Crippen LogP) is 3.22. The fourth-order valence-corrected chi connectivity index (χ4v) is 2.87. The van der Waals surface area contributed by atoms with Crippen molar-refractivity contribution in [3.63, 3.8) is 0 Å². The molecule has 7 nitrogen and oxygen atoms in total. The molecular formula is C20H18F3N5O2. The van der Waals surface area contributed by atoms with Crippen LogP contribution in [0.25, 0.3) is 0 Å². The van der Waals surface area contributed by atoms with Crippen LogP contribution in [-0.4, -0.2) is 17.5 Å². The highest BCUT2D eigenvalue weighted by atomic mass is 19.4. The number of hydrogen-bond acceptors (Lipinski definition) is 5. The van der Waals surface area contributed by atoms with Gasteiger partial charge in [-0.25, -0.2) is 0 Å². The van der Waals surface area contributed by atoms with Crippen LogP contribution in [0.4, 0.5) is 24.5 Å². The van der Waals surface area contributed by atoms with Crippen LogP contribution in [0, 0.1) is 0 Å². The number of amides is 2. The number of allylic oxidation sites excluding steroid dienone is 1. The Hall–Kier alpha value is -3.82. The van der Waals surface area contributed by atoms with Crippen LogP contribution in [0.5, 0.6) is 0 Å². The van der Waals surface area contributed by atoms with E-state index in [4.69, 9.17) is 5.73 Å². The van der Waals surface area contributed by atoms with Gasteiger partial charge in [0.25, 0.3) is 11.8 Å². The van der Waals surface area contributed by atoms with Gasteiger partial charge in [0.1, 0.15) is 0 Å². The molecule has 0 unspecified atom stereocenters. The van der Waals surface area contributed by atoms with E-state index in [0.29, 0.717) is 22.7 Å². The Kier molecular flexibility index (Phi) is 5.50. The normalized spacial score (nSPS) is 15.7. The molecule has 1 aliphatic heterocycles. The van der Waals surface area contributed by atoms with Gasteiger partial charge in [-0.05, 0) is 56.3 Å². The number of anilines is 2. The van der Waals surface area contributed by atoms with Crippen LogP contribution in [0.1, 0.15) is 29.8 Å². The van der Waals surface area contributed by atoms with Crippen molar-refractivity contribution in [3.8, 4) is 0 Å². The molecule has 1 heterocycles. The Morgan fingerprint density at radius 3 is 2.37 bits per heavy atom. The zero-order valence-corrected chi connectivity index (χ0v) is 16.0. The summed E-state index contributed by atoms with van der Waals surface area (Å²) in [5.74, 6) is -0.989. The van der Waals surface area contributed by atoms with E-state index >= 15 is 0 Å². The quantitative estimate of drug-likeness (QED) is 0.404. The Labute approximate surface area is 170 Å². The number of rotatable bonds is 4. The molecule has 0 radical (unpaired) electrons. The maximum Gasteiger partial charge on any atom is 0.416 e. The van der Waals surface area contributed by atoms with E-state index in [9.17, 15) is 22.8 Å². The van der Waals surface area contributed by atoms with Crippen LogP contribution in [0.2, 0.25) is 0 Å². The summed E-state index contributed by atoms with van der Waals surface area (Å²) in [7, 11) is 0. The van der Waals surface area contributed by atoms with E-state index in [-0.39, 0.29) is 11.3 Å². The largest absolute Gasteiger partial charge is 0.416 e. The molecule has 156 valence electrons. The van der Waals surface area contributed by atoms with Crippen molar-refractivity contribution >= 4 is 28.9 Å². The number of nitrogens with zero attached hydrogens (tertiary/aromatic N) is 2. The smallest absolute Gasteiger partial charge is 0.399 e. The molecule has 2 amide bonds. The van der Waals surface area contributed by atoms with Gasteiger partial charge >= 0.3 is 6.18 Å². The highest BCUT2D eigenvalue weighted by Crippen LogP contribution is 2.32. The standard InChI is InChI=1S/C20H18F3N5O2/c1-11(25-26-18(29)13-4-3-5-15(24)10-13)17-12(2)27-28(19(17)30)16-8-6-14(7-9-16)20(21,22)23/h3-10,25H,24H2,1-2H3,(H,26,29)/b17-11-. The number of nitrogen functional groups attached to an aromatic ring is 1. The van der Waals surface area contributed by atoms with Crippen LogP contribution >= 0.6 is 0 Å². The average molecular weight is 417 g/mol. The first-order valence-corrected chi connectivity index (χ1v) is 8.78. The molecule has 0 atom stereocenters. The number of nitrogens with one attached hydrogen (secondary N) is 2. The predicted molar refractivity (Wildman–Crippen MR) is 106 cm³/mol.